The van der Waals surface area contributed by atoms with Crippen LogP contribution in [-0.2, 0) is 11.3 Å². The number of nitrogens with one attached hydrogen (secondary N) is 2. The number of benzene rings is 1. The minimum absolute atomic E-state index is 0.0209. The number of amides is 1. The van der Waals surface area contributed by atoms with Gasteiger partial charge in [0.2, 0.25) is 5.91 Å². The molecular formula is C21H32N6OS. The van der Waals surface area contributed by atoms with E-state index in [0.717, 1.165) is 37.5 Å². The van der Waals surface area contributed by atoms with Crippen molar-refractivity contribution in [2.75, 3.05) is 39.5 Å². The number of aliphatic imine (C=N–C) groups is 1. The number of carbonyl (C=O) groups excluding carboxylic acids is 1. The molecule has 158 valence electrons. The molecule has 8 heteroatoms. The molecule has 0 atom stereocenters. The first-order chi connectivity index (χ1) is 14.0. The number of hydrogen-bond acceptors (Lipinski definition) is 4. The Morgan fingerprint density at radius 3 is 2.55 bits per heavy atom. The smallest absolute Gasteiger partial charge is 0.243 e. The van der Waals surface area contributed by atoms with Crippen LogP contribution in [0.25, 0.3) is 0 Å². The number of likely N-dealkylation sites (N-methyl/N-ethyl adjacent to an activating group) is 1. The van der Waals surface area contributed by atoms with E-state index in [1.807, 2.05) is 29.8 Å². The van der Waals surface area contributed by atoms with E-state index in [4.69, 9.17) is 0 Å². The summed E-state index contributed by atoms with van der Waals surface area (Å²) in [4.78, 5) is 19.1. The van der Waals surface area contributed by atoms with Crippen molar-refractivity contribution in [2.45, 2.75) is 31.7 Å². The maximum absolute atomic E-state index is 11.9. The molecule has 0 aliphatic rings. The van der Waals surface area contributed by atoms with Crippen molar-refractivity contribution in [3.63, 3.8) is 0 Å². The van der Waals surface area contributed by atoms with Crippen LogP contribution in [0.15, 0.2) is 46.3 Å². The van der Waals surface area contributed by atoms with Crippen LogP contribution in [0.4, 0.5) is 0 Å². The van der Waals surface area contributed by atoms with Gasteiger partial charge in [-0.25, -0.2) is 4.99 Å². The molecule has 0 spiro atoms. The molecule has 2 aromatic rings. The highest BCUT2D eigenvalue weighted by molar-refractivity contribution is 7.99. The number of carbonyl (C=O) groups is 1. The average molecular weight is 417 g/mol. The molecule has 1 amide bonds. The van der Waals surface area contributed by atoms with E-state index in [2.05, 4.69) is 45.8 Å². The molecular weight excluding hydrogens is 384 g/mol. The molecule has 0 saturated carbocycles. The zero-order chi connectivity index (χ0) is 21.1. The molecule has 1 aromatic carbocycles. The van der Waals surface area contributed by atoms with Crippen molar-refractivity contribution in [3.05, 3.63) is 47.8 Å². The van der Waals surface area contributed by atoms with Gasteiger partial charge in [-0.05, 0) is 38.5 Å². The molecule has 7 nitrogen and oxygen atoms in total. The normalized spacial score (nSPS) is 11.4. The van der Waals surface area contributed by atoms with Crippen molar-refractivity contribution in [3.8, 4) is 0 Å². The van der Waals surface area contributed by atoms with E-state index in [-0.39, 0.29) is 12.5 Å². The second-order valence-electron chi connectivity index (χ2n) is 6.97. The average Bonchev–Trinajstić information content (AvgIpc) is 3.03. The fourth-order valence-electron chi connectivity index (χ4n) is 2.65. The highest BCUT2D eigenvalue weighted by Gasteiger charge is 2.05. The van der Waals surface area contributed by atoms with Gasteiger partial charge in [0.25, 0.3) is 0 Å². The molecule has 0 aliphatic heterocycles. The molecule has 0 aliphatic carbocycles. The highest BCUT2D eigenvalue weighted by Crippen LogP contribution is 2.15. The van der Waals surface area contributed by atoms with Crippen LogP contribution in [0, 0.1) is 13.8 Å². The van der Waals surface area contributed by atoms with Gasteiger partial charge >= 0.3 is 0 Å². The molecule has 29 heavy (non-hydrogen) atoms. The number of hydrogen-bond donors (Lipinski definition) is 2. The Morgan fingerprint density at radius 2 is 1.90 bits per heavy atom. The van der Waals surface area contributed by atoms with E-state index in [9.17, 15) is 4.79 Å². The SMILES string of the molecule is Cc1cc(C)n(CCCNC(=NCC(=O)N(C)C)NCCSc2ccccc2)n1. The van der Waals surface area contributed by atoms with Crippen molar-refractivity contribution < 1.29 is 4.79 Å². The van der Waals surface area contributed by atoms with Gasteiger partial charge in [-0.15, -0.1) is 11.8 Å². The van der Waals surface area contributed by atoms with Crippen molar-refractivity contribution in [1.82, 2.24) is 25.3 Å². The van der Waals surface area contributed by atoms with Crippen LogP contribution in [-0.4, -0.2) is 66.0 Å². The molecule has 0 radical (unpaired) electrons. The summed E-state index contributed by atoms with van der Waals surface area (Å²) >= 11 is 1.79. The third-order valence-corrected chi connectivity index (χ3v) is 5.23. The topological polar surface area (TPSA) is 74.6 Å². The Bertz CT molecular complexity index is 788. The molecule has 0 saturated heterocycles. The molecule has 2 N–H and O–H groups in total. The number of aromatic nitrogens is 2. The Kier molecular flexibility index (Phi) is 9.56. The third kappa shape index (κ3) is 8.60. The van der Waals surface area contributed by atoms with Gasteiger partial charge in [0.05, 0.1) is 5.69 Å². The first-order valence-corrected chi connectivity index (χ1v) is 10.9. The van der Waals surface area contributed by atoms with Gasteiger partial charge in [0, 0.05) is 50.1 Å². The monoisotopic (exact) mass is 416 g/mol. The number of rotatable bonds is 10. The van der Waals surface area contributed by atoms with E-state index >= 15 is 0 Å². The minimum Gasteiger partial charge on any atom is -0.356 e. The predicted molar refractivity (Wildman–Crippen MR) is 120 cm³/mol. The maximum atomic E-state index is 11.9. The van der Waals surface area contributed by atoms with Gasteiger partial charge in [-0.2, -0.15) is 5.10 Å². The van der Waals surface area contributed by atoms with E-state index < -0.39 is 0 Å². The fraction of sp³-hybridized carbons (Fsp3) is 0.476. The summed E-state index contributed by atoms with van der Waals surface area (Å²) in [5.41, 5.74) is 2.21. The lowest BCUT2D eigenvalue weighted by Gasteiger charge is -2.14. The quantitative estimate of drug-likeness (QED) is 0.269. The van der Waals surface area contributed by atoms with Crippen LogP contribution >= 0.6 is 11.8 Å². The number of nitrogens with zero attached hydrogens (tertiary/aromatic N) is 4. The van der Waals surface area contributed by atoms with Crippen LogP contribution in [0.1, 0.15) is 17.8 Å². The fourth-order valence-corrected chi connectivity index (χ4v) is 3.44. The maximum Gasteiger partial charge on any atom is 0.243 e. The van der Waals surface area contributed by atoms with Crippen LogP contribution in [0.2, 0.25) is 0 Å². The van der Waals surface area contributed by atoms with E-state index in [1.165, 1.54) is 10.6 Å². The lowest BCUT2D eigenvalue weighted by molar-refractivity contribution is -0.127. The summed E-state index contributed by atoms with van der Waals surface area (Å²) in [7, 11) is 3.48. The Hall–Kier alpha value is -2.48. The molecule has 0 bridgehead atoms. The first-order valence-electron chi connectivity index (χ1n) is 9.87. The lowest BCUT2D eigenvalue weighted by Crippen LogP contribution is -2.40. The highest BCUT2D eigenvalue weighted by atomic mass is 32.2. The summed E-state index contributed by atoms with van der Waals surface area (Å²) in [5, 5.41) is 11.1. The predicted octanol–water partition coefficient (Wildman–Crippen LogP) is 2.31. The number of aryl methyl sites for hydroxylation is 3. The van der Waals surface area contributed by atoms with Crippen molar-refractivity contribution in [1.29, 1.82) is 0 Å². The zero-order valence-corrected chi connectivity index (χ0v) is 18.6. The second kappa shape index (κ2) is 12.2. The van der Waals surface area contributed by atoms with Crippen LogP contribution < -0.4 is 10.6 Å². The molecule has 1 aromatic heterocycles. The summed E-state index contributed by atoms with van der Waals surface area (Å²) in [6.45, 7) is 6.57. The molecule has 0 unspecified atom stereocenters. The van der Waals surface area contributed by atoms with E-state index in [1.54, 1.807) is 30.8 Å². The Morgan fingerprint density at radius 1 is 1.17 bits per heavy atom. The Labute approximate surface area is 178 Å². The van der Waals surface area contributed by atoms with Crippen molar-refractivity contribution in [2.24, 2.45) is 4.99 Å². The zero-order valence-electron chi connectivity index (χ0n) is 17.8. The largest absolute Gasteiger partial charge is 0.356 e. The van der Waals surface area contributed by atoms with Gasteiger partial charge in [-0.1, -0.05) is 18.2 Å². The van der Waals surface area contributed by atoms with Crippen molar-refractivity contribution >= 4 is 23.6 Å². The minimum atomic E-state index is -0.0209. The molecule has 2 rings (SSSR count). The number of guanidine groups is 1. The summed E-state index contributed by atoms with van der Waals surface area (Å²) in [6.07, 6.45) is 0.920. The van der Waals surface area contributed by atoms with Gasteiger partial charge in [0.1, 0.15) is 6.54 Å². The standard InChI is InChI=1S/C21H32N6OS/c1-17-15-18(2)27(25-17)13-8-11-22-21(24-16-20(28)26(3)4)23-12-14-29-19-9-6-5-7-10-19/h5-7,9-10,15H,8,11-14,16H2,1-4H3,(H2,22,23,24). The van der Waals surface area contributed by atoms with Crippen LogP contribution in [0.3, 0.4) is 0 Å². The molecule has 0 fully saturated rings. The molecule has 1 heterocycles. The van der Waals surface area contributed by atoms with Gasteiger partial charge in [0.15, 0.2) is 5.96 Å². The Balaban J connectivity index is 1.79. The van der Waals surface area contributed by atoms with E-state index in [0.29, 0.717) is 5.96 Å². The third-order valence-electron chi connectivity index (χ3n) is 4.22. The number of thioether (sulfide) groups is 1. The summed E-state index contributed by atoms with van der Waals surface area (Å²) in [6, 6.07) is 12.4. The van der Waals surface area contributed by atoms with Gasteiger partial charge in [-0.3, -0.25) is 9.48 Å². The first kappa shape index (κ1) is 22.8. The summed E-state index contributed by atoms with van der Waals surface area (Å²) < 4.78 is 2.02. The summed E-state index contributed by atoms with van der Waals surface area (Å²) in [5.74, 6) is 1.56. The lowest BCUT2D eigenvalue weighted by atomic mass is 10.4. The van der Waals surface area contributed by atoms with Gasteiger partial charge < -0.3 is 15.5 Å². The van der Waals surface area contributed by atoms with Crippen LogP contribution in [0.5, 0.6) is 0 Å². The second-order valence-corrected chi connectivity index (χ2v) is 8.14.